The van der Waals surface area contributed by atoms with E-state index in [2.05, 4.69) is 45.1 Å². The number of H-pyrrole nitrogens is 2. The number of fused-ring (bicyclic) bond motifs is 4. The molecular formula is C35H45N13O9S2. The molecule has 2 aliphatic heterocycles. The summed E-state index contributed by atoms with van der Waals surface area (Å²) < 4.78 is 58.1. The molecule has 8 rings (SSSR count). The van der Waals surface area contributed by atoms with Gasteiger partial charge in [0.05, 0.1) is 35.4 Å². The molecule has 59 heavy (non-hydrogen) atoms. The topological polar surface area (TPSA) is 297 Å². The Bertz CT molecular complexity index is 2650. The van der Waals surface area contributed by atoms with Gasteiger partial charge >= 0.3 is 5.97 Å². The number of aromatic carboxylic acids is 1. The van der Waals surface area contributed by atoms with E-state index >= 15 is 0 Å². The van der Waals surface area contributed by atoms with Crippen LogP contribution in [0.3, 0.4) is 0 Å². The third kappa shape index (κ3) is 9.57. The summed E-state index contributed by atoms with van der Waals surface area (Å²) in [6, 6.07) is 3.83. The van der Waals surface area contributed by atoms with Crippen molar-refractivity contribution in [2.75, 3.05) is 69.1 Å². The SMILES string of the molecule is CN(C)S(=O)(=O)CCCC(=O)c1noc2c1CN(c1ncnc3[nH]ccc13)CC2.CN(C)S(=O)(=O)CCN.O=C(O)c1noc2c1CN(c1ncnc3[nH]ccc13)CC2. The van der Waals surface area contributed by atoms with Gasteiger partial charge in [-0.15, -0.1) is 0 Å². The minimum absolute atomic E-state index is 0.0194. The van der Waals surface area contributed by atoms with E-state index in [9.17, 15) is 26.4 Å². The number of nitrogens with one attached hydrogen (secondary N) is 2. The molecule has 2 aliphatic rings. The minimum Gasteiger partial charge on any atom is -0.476 e. The van der Waals surface area contributed by atoms with Crippen molar-refractivity contribution in [1.29, 1.82) is 0 Å². The fraction of sp³-hybridized carbons (Fsp3) is 0.429. The average molecular weight is 856 g/mol. The molecule has 0 saturated heterocycles. The maximum absolute atomic E-state index is 12.7. The van der Waals surface area contributed by atoms with E-state index in [-0.39, 0.29) is 48.1 Å². The third-order valence-electron chi connectivity index (χ3n) is 9.68. The summed E-state index contributed by atoms with van der Waals surface area (Å²) in [7, 11) is -0.425. The predicted octanol–water partition coefficient (Wildman–Crippen LogP) is 1.41. The number of carboxylic acid groups (broad SMARTS) is 1. The van der Waals surface area contributed by atoms with E-state index in [1.54, 1.807) is 6.20 Å². The molecule has 22 nitrogen and oxygen atoms in total. The van der Waals surface area contributed by atoms with Crippen LogP contribution in [-0.4, -0.2) is 142 Å². The van der Waals surface area contributed by atoms with Crippen molar-refractivity contribution in [3.05, 3.63) is 71.2 Å². The van der Waals surface area contributed by atoms with Crippen molar-refractivity contribution in [2.24, 2.45) is 5.73 Å². The van der Waals surface area contributed by atoms with E-state index in [0.717, 1.165) is 43.6 Å². The monoisotopic (exact) mass is 855 g/mol. The number of rotatable bonds is 12. The van der Waals surface area contributed by atoms with Crippen molar-refractivity contribution in [1.82, 2.24) is 48.8 Å². The lowest BCUT2D eigenvalue weighted by Gasteiger charge is -2.27. The molecule has 0 radical (unpaired) electrons. The molecule has 0 fully saturated rings. The number of carbonyl (C=O) groups is 2. The van der Waals surface area contributed by atoms with Crippen molar-refractivity contribution in [3.8, 4) is 0 Å². The first kappa shape index (κ1) is 42.8. The summed E-state index contributed by atoms with van der Waals surface area (Å²) in [5.41, 5.74) is 8.19. The number of carbonyl (C=O) groups excluding carboxylic acids is 1. The number of nitrogens with two attached hydrogens (primary N) is 1. The van der Waals surface area contributed by atoms with Gasteiger partial charge < -0.3 is 39.7 Å². The van der Waals surface area contributed by atoms with Crippen LogP contribution in [0, 0.1) is 0 Å². The number of anilines is 2. The fourth-order valence-electron chi connectivity index (χ4n) is 6.44. The highest BCUT2D eigenvalue weighted by molar-refractivity contribution is 7.89. The van der Waals surface area contributed by atoms with Crippen molar-refractivity contribution >= 4 is 65.5 Å². The van der Waals surface area contributed by atoms with Crippen molar-refractivity contribution in [2.45, 2.75) is 38.8 Å². The molecule has 5 N–H and O–H groups in total. The number of sulfonamides is 2. The number of aromatic nitrogens is 8. The molecule has 0 atom stereocenters. The van der Waals surface area contributed by atoms with Gasteiger partial charge in [0.2, 0.25) is 20.0 Å². The number of Topliss-reactive ketones (excluding diaryl/α,β-unsaturated/α-hetero) is 1. The van der Waals surface area contributed by atoms with Crippen molar-refractivity contribution in [3.63, 3.8) is 0 Å². The molecule has 0 spiro atoms. The van der Waals surface area contributed by atoms with E-state index in [1.165, 1.54) is 45.2 Å². The Morgan fingerprint density at radius 1 is 0.763 bits per heavy atom. The highest BCUT2D eigenvalue weighted by Crippen LogP contribution is 2.31. The molecule has 0 unspecified atom stereocenters. The zero-order valence-electron chi connectivity index (χ0n) is 32.8. The smallest absolute Gasteiger partial charge is 0.358 e. The van der Waals surface area contributed by atoms with E-state index in [1.807, 2.05) is 23.2 Å². The second kappa shape index (κ2) is 18.0. The van der Waals surface area contributed by atoms with Gasteiger partial charge in [0, 0.05) is 90.6 Å². The first-order chi connectivity index (χ1) is 28.1. The number of ketones is 1. The maximum atomic E-state index is 12.7. The Labute approximate surface area is 338 Å². The summed E-state index contributed by atoms with van der Waals surface area (Å²) in [6.07, 6.45) is 8.17. The Balaban J connectivity index is 0.000000170. The highest BCUT2D eigenvalue weighted by atomic mass is 32.2. The molecule has 8 heterocycles. The summed E-state index contributed by atoms with van der Waals surface area (Å²) in [5.74, 6) is 1.58. The lowest BCUT2D eigenvalue weighted by atomic mass is 10.0. The summed E-state index contributed by atoms with van der Waals surface area (Å²) in [5, 5.41) is 18.6. The van der Waals surface area contributed by atoms with Gasteiger partial charge in [0.15, 0.2) is 17.2 Å². The summed E-state index contributed by atoms with van der Waals surface area (Å²) in [6.45, 7) is 2.43. The van der Waals surface area contributed by atoms with Crippen LogP contribution in [0.2, 0.25) is 0 Å². The molecule has 316 valence electrons. The number of aromatic amines is 2. The van der Waals surface area contributed by atoms with E-state index in [4.69, 9.17) is 19.9 Å². The first-order valence-electron chi connectivity index (χ1n) is 18.4. The lowest BCUT2D eigenvalue weighted by molar-refractivity contribution is 0.0684. The lowest BCUT2D eigenvalue weighted by Crippen LogP contribution is -2.31. The van der Waals surface area contributed by atoms with Crippen molar-refractivity contribution < 1.29 is 40.6 Å². The largest absolute Gasteiger partial charge is 0.476 e. The average Bonchev–Trinajstić information content (AvgIpc) is 4.03. The Kier molecular flexibility index (Phi) is 13.0. The Hall–Kier alpha value is -5.82. The second-order valence-corrected chi connectivity index (χ2v) is 18.5. The number of nitrogens with zero attached hydrogens (tertiary/aromatic N) is 10. The van der Waals surface area contributed by atoms with E-state index < -0.39 is 26.0 Å². The van der Waals surface area contributed by atoms with Gasteiger partial charge in [-0.05, 0) is 18.6 Å². The summed E-state index contributed by atoms with van der Waals surface area (Å²) in [4.78, 5) is 51.2. The van der Waals surface area contributed by atoms with Gasteiger partial charge in [0.25, 0.3) is 0 Å². The van der Waals surface area contributed by atoms with E-state index in [0.29, 0.717) is 56.1 Å². The third-order valence-corrected chi connectivity index (χ3v) is 13.5. The Morgan fingerprint density at radius 2 is 1.24 bits per heavy atom. The van der Waals surface area contributed by atoms with Crippen LogP contribution in [0.25, 0.3) is 22.1 Å². The normalized spacial score (nSPS) is 14.2. The molecule has 24 heteroatoms. The van der Waals surface area contributed by atoms with Crippen LogP contribution in [0.1, 0.15) is 56.5 Å². The predicted molar refractivity (Wildman–Crippen MR) is 215 cm³/mol. The molecule has 0 aliphatic carbocycles. The molecule has 0 saturated carbocycles. The fourth-order valence-corrected chi connectivity index (χ4v) is 7.97. The number of hydrogen-bond acceptors (Lipinski definition) is 17. The zero-order valence-corrected chi connectivity index (χ0v) is 34.5. The zero-order chi connectivity index (χ0) is 42.5. The highest BCUT2D eigenvalue weighted by Gasteiger charge is 2.30. The molecule has 6 aromatic rings. The Morgan fingerprint density at radius 3 is 1.69 bits per heavy atom. The second-order valence-electron chi connectivity index (χ2n) is 13.9. The van der Waals surface area contributed by atoms with Crippen LogP contribution < -0.4 is 15.5 Å². The standard InChI is InChI=1S/C18H22N6O4S.C13H11N5O3.C4H12N2O2S/c1-23(2)29(26,27)9-3-4-14(25)16-13-10-24(8-6-15(13)28-22-16)18-12-5-7-19-17(12)20-11-21-18;19-13(20)10-8-5-18(4-2-9(8)21-17-10)12-7-1-3-14-11(7)15-6-16-12;1-6(2)9(7,8)4-3-5/h5,7,11H,3-4,6,8-10H2,1-2H3,(H,19,20,21);1,3,6H,2,4-5H2,(H,19,20)(H,14,15,16);3-5H2,1-2H3. The summed E-state index contributed by atoms with van der Waals surface area (Å²) >= 11 is 0. The molecular weight excluding hydrogens is 811 g/mol. The molecule has 0 aromatic carbocycles. The first-order valence-corrected chi connectivity index (χ1v) is 21.6. The molecule has 0 bridgehead atoms. The van der Waals surface area contributed by atoms with Gasteiger partial charge in [-0.1, -0.05) is 10.3 Å². The van der Waals surface area contributed by atoms with Crippen LogP contribution in [0.4, 0.5) is 11.6 Å². The van der Waals surface area contributed by atoms with Crippen LogP contribution in [0.15, 0.2) is 46.2 Å². The van der Waals surface area contributed by atoms with Gasteiger partial charge in [-0.25, -0.2) is 50.2 Å². The van der Waals surface area contributed by atoms with Crippen LogP contribution in [0.5, 0.6) is 0 Å². The van der Waals surface area contributed by atoms with Crippen LogP contribution in [-0.2, 0) is 46.0 Å². The quantitative estimate of drug-likeness (QED) is 0.127. The number of carboxylic acids is 1. The molecule has 6 aromatic heterocycles. The van der Waals surface area contributed by atoms with Gasteiger partial charge in [-0.3, -0.25) is 4.79 Å². The van der Waals surface area contributed by atoms with Gasteiger partial charge in [-0.2, -0.15) is 0 Å². The molecule has 0 amide bonds. The maximum Gasteiger partial charge on any atom is 0.358 e. The number of hydrogen-bond donors (Lipinski definition) is 4. The minimum atomic E-state index is -3.33. The van der Waals surface area contributed by atoms with Crippen LogP contribution >= 0.6 is 0 Å². The van der Waals surface area contributed by atoms with Gasteiger partial charge in [0.1, 0.15) is 47.1 Å².